The van der Waals surface area contributed by atoms with Crippen LogP contribution in [0.5, 0.6) is 5.75 Å². The van der Waals surface area contributed by atoms with Gasteiger partial charge in [0.1, 0.15) is 18.6 Å². The molecule has 236 valence electrons. The van der Waals surface area contributed by atoms with Crippen molar-refractivity contribution in [3.63, 3.8) is 0 Å². The van der Waals surface area contributed by atoms with E-state index in [0.29, 0.717) is 31.2 Å². The van der Waals surface area contributed by atoms with Gasteiger partial charge in [0, 0.05) is 58.9 Å². The minimum Gasteiger partial charge on any atom is -0.479 e. The number of hydrogen-bond donors (Lipinski definition) is 4. The van der Waals surface area contributed by atoms with Crippen LogP contribution in [-0.4, -0.2) is 96.2 Å². The highest BCUT2D eigenvalue weighted by molar-refractivity contribution is 5.97. The highest BCUT2D eigenvalue weighted by Gasteiger charge is 2.34. The minimum atomic E-state index is -1.26. The van der Waals surface area contributed by atoms with Crippen molar-refractivity contribution in [2.75, 3.05) is 26.7 Å². The highest BCUT2D eigenvalue weighted by Crippen LogP contribution is 2.27. The number of rotatable bonds is 17. The summed E-state index contributed by atoms with van der Waals surface area (Å²) in [7, 11) is 1.63. The molecular formula is C29H39N3O11. The Labute approximate surface area is 249 Å². The van der Waals surface area contributed by atoms with Gasteiger partial charge >= 0.3 is 11.9 Å². The summed E-state index contributed by atoms with van der Waals surface area (Å²) in [5.41, 5.74) is 0.568. The Hall–Kier alpha value is -4.30. The monoisotopic (exact) mass is 605 g/mol. The van der Waals surface area contributed by atoms with Crippen LogP contribution in [0.2, 0.25) is 0 Å². The summed E-state index contributed by atoms with van der Waals surface area (Å²) < 4.78 is 16.2. The predicted octanol–water partition coefficient (Wildman–Crippen LogP) is 0.699. The van der Waals surface area contributed by atoms with Crippen molar-refractivity contribution in [3.05, 3.63) is 41.5 Å². The number of ether oxygens (including phenoxy) is 3. The standard InChI is InChI=1S/C29H39N3O11/c1-19(34)41-18-20-9-10-23(42-27-17-21(35)16-24(43-27)29(39)40)22(15-20)28(38)31-12-11-30-25(36)7-4-3-5-13-32(2)26(37)8-6-14-33/h6,8-10,14-15,21,24,27,35H,3-5,7,11-13,16-18H2,1-2H3,(H,30,36)(H,31,38)(H,39,40)/b8-6-/t21?,24-,27?/m0/s1. The van der Waals surface area contributed by atoms with Gasteiger partial charge in [-0.05, 0) is 36.6 Å². The number of esters is 1. The van der Waals surface area contributed by atoms with Crippen LogP contribution in [0.1, 0.15) is 61.4 Å². The average Bonchev–Trinajstić information content (AvgIpc) is 2.96. The van der Waals surface area contributed by atoms with Crippen LogP contribution in [0.25, 0.3) is 0 Å². The second-order valence-electron chi connectivity index (χ2n) is 9.92. The molecular weight excluding hydrogens is 566 g/mol. The first kappa shape index (κ1) is 34.9. The van der Waals surface area contributed by atoms with Crippen molar-refractivity contribution >= 4 is 35.9 Å². The number of nitrogens with one attached hydrogen (secondary N) is 2. The van der Waals surface area contributed by atoms with Crippen LogP contribution in [0, 0.1) is 0 Å². The van der Waals surface area contributed by atoms with E-state index in [1.807, 2.05) is 0 Å². The molecule has 14 nitrogen and oxygen atoms in total. The second kappa shape index (κ2) is 18.3. The van der Waals surface area contributed by atoms with Crippen LogP contribution in [0.15, 0.2) is 30.4 Å². The van der Waals surface area contributed by atoms with E-state index in [0.717, 1.165) is 12.5 Å². The molecule has 1 aliphatic rings. The van der Waals surface area contributed by atoms with Gasteiger partial charge in [-0.2, -0.15) is 0 Å². The summed E-state index contributed by atoms with van der Waals surface area (Å²) in [5, 5.41) is 24.7. The third-order valence-electron chi connectivity index (χ3n) is 6.35. The maximum Gasteiger partial charge on any atom is 0.333 e. The zero-order valence-corrected chi connectivity index (χ0v) is 24.3. The predicted molar refractivity (Wildman–Crippen MR) is 151 cm³/mol. The Morgan fingerprint density at radius 1 is 1.09 bits per heavy atom. The van der Waals surface area contributed by atoms with Gasteiger partial charge in [0.25, 0.3) is 5.91 Å². The molecule has 0 spiro atoms. The van der Waals surface area contributed by atoms with Crippen LogP contribution >= 0.6 is 0 Å². The number of benzene rings is 1. The normalized spacial score (nSPS) is 18.0. The number of aliphatic hydroxyl groups excluding tert-OH is 1. The van der Waals surface area contributed by atoms with Crippen molar-refractivity contribution < 1.29 is 53.2 Å². The van der Waals surface area contributed by atoms with Gasteiger partial charge < -0.3 is 40.0 Å². The lowest BCUT2D eigenvalue weighted by Gasteiger charge is -2.31. The number of aliphatic hydroxyl groups is 1. The van der Waals surface area contributed by atoms with Gasteiger partial charge in [0.05, 0.1) is 11.7 Å². The van der Waals surface area contributed by atoms with Gasteiger partial charge in [-0.3, -0.25) is 24.0 Å². The average molecular weight is 606 g/mol. The molecule has 3 atom stereocenters. The first-order valence-corrected chi connectivity index (χ1v) is 13.9. The minimum absolute atomic E-state index is 0.000356. The van der Waals surface area contributed by atoms with Gasteiger partial charge in [0.15, 0.2) is 6.10 Å². The van der Waals surface area contributed by atoms with Gasteiger partial charge in [0.2, 0.25) is 18.1 Å². The van der Waals surface area contributed by atoms with Gasteiger partial charge in [-0.25, -0.2) is 4.79 Å². The second-order valence-corrected chi connectivity index (χ2v) is 9.92. The van der Waals surface area contributed by atoms with E-state index in [4.69, 9.17) is 14.2 Å². The quantitative estimate of drug-likeness (QED) is 0.0844. The summed E-state index contributed by atoms with van der Waals surface area (Å²) in [4.78, 5) is 71.3. The maximum absolute atomic E-state index is 13.0. The van der Waals surface area contributed by atoms with Crippen LogP contribution in [0.3, 0.4) is 0 Å². The molecule has 0 aromatic heterocycles. The van der Waals surface area contributed by atoms with E-state index >= 15 is 0 Å². The summed E-state index contributed by atoms with van der Waals surface area (Å²) >= 11 is 0. The van der Waals surface area contributed by atoms with E-state index in [-0.39, 0.29) is 62.1 Å². The number of carboxylic acids is 1. The summed E-state index contributed by atoms with van der Waals surface area (Å²) in [5.74, 6) is -2.69. The molecule has 2 rings (SSSR count). The lowest BCUT2D eigenvalue weighted by atomic mass is 10.0. The summed E-state index contributed by atoms with van der Waals surface area (Å²) in [6, 6.07) is 4.50. The number of amides is 3. The molecule has 2 unspecified atom stereocenters. The number of carbonyl (C=O) groups excluding carboxylic acids is 5. The van der Waals surface area contributed by atoms with E-state index in [2.05, 4.69) is 10.6 Å². The number of carbonyl (C=O) groups is 6. The summed E-state index contributed by atoms with van der Waals surface area (Å²) in [6.45, 7) is 1.92. The van der Waals surface area contributed by atoms with E-state index in [9.17, 15) is 39.0 Å². The Morgan fingerprint density at radius 2 is 1.84 bits per heavy atom. The Kier molecular flexibility index (Phi) is 14.8. The van der Waals surface area contributed by atoms with Crippen LogP contribution < -0.4 is 15.4 Å². The number of allylic oxidation sites excluding steroid dienone is 1. The topological polar surface area (TPSA) is 198 Å². The maximum atomic E-state index is 13.0. The Morgan fingerprint density at radius 3 is 2.53 bits per heavy atom. The number of carboxylic acid groups (broad SMARTS) is 1. The molecule has 1 fully saturated rings. The van der Waals surface area contributed by atoms with Crippen LogP contribution in [0.4, 0.5) is 0 Å². The SMILES string of the molecule is CC(=O)OCc1ccc(OC2CC(O)C[C@@H](C(=O)O)O2)c(C(=O)NCCNC(=O)CCCCCN(C)C(=O)/C=C\C=O)c1. The van der Waals surface area contributed by atoms with Gasteiger partial charge in [-0.15, -0.1) is 0 Å². The van der Waals surface area contributed by atoms with E-state index in [1.54, 1.807) is 13.1 Å². The number of unbranched alkanes of at least 4 members (excludes halogenated alkanes) is 2. The molecule has 0 radical (unpaired) electrons. The molecule has 3 amide bonds. The van der Waals surface area contributed by atoms with Crippen LogP contribution in [-0.2, 0) is 40.1 Å². The van der Waals surface area contributed by atoms with Crippen molar-refractivity contribution in [2.45, 2.75) is 70.6 Å². The molecule has 1 heterocycles. The number of likely N-dealkylation sites (N-methyl/N-ethyl adjacent to an activating group) is 1. The first-order chi connectivity index (χ1) is 20.5. The fraction of sp³-hybridized carbons (Fsp3) is 0.517. The molecule has 1 aliphatic heterocycles. The summed E-state index contributed by atoms with van der Waals surface area (Å²) in [6.07, 6.45) is 1.74. The first-order valence-electron chi connectivity index (χ1n) is 13.9. The molecule has 43 heavy (non-hydrogen) atoms. The molecule has 0 saturated carbocycles. The molecule has 4 N–H and O–H groups in total. The van der Waals surface area contributed by atoms with Crippen molar-refractivity contribution in [1.82, 2.24) is 15.5 Å². The van der Waals surface area contributed by atoms with Gasteiger partial charge in [-0.1, -0.05) is 12.5 Å². The van der Waals surface area contributed by atoms with Crippen molar-refractivity contribution in [1.29, 1.82) is 0 Å². The zero-order valence-electron chi connectivity index (χ0n) is 24.3. The van der Waals surface area contributed by atoms with E-state index in [1.165, 1.54) is 30.0 Å². The largest absolute Gasteiger partial charge is 0.479 e. The molecule has 0 bridgehead atoms. The number of aliphatic carboxylic acids is 1. The lowest BCUT2D eigenvalue weighted by molar-refractivity contribution is -0.195. The third-order valence-corrected chi connectivity index (χ3v) is 6.35. The number of aldehydes is 1. The fourth-order valence-electron chi connectivity index (χ4n) is 4.10. The molecule has 0 aliphatic carbocycles. The van der Waals surface area contributed by atoms with Crippen molar-refractivity contribution in [2.24, 2.45) is 0 Å². The fourth-order valence-corrected chi connectivity index (χ4v) is 4.10. The molecule has 1 aromatic rings. The van der Waals surface area contributed by atoms with E-state index < -0.39 is 36.3 Å². The number of hydrogen-bond acceptors (Lipinski definition) is 10. The molecule has 1 aromatic carbocycles. The highest BCUT2D eigenvalue weighted by atomic mass is 16.7. The molecule has 1 saturated heterocycles. The molecule has 14 heteroatoms. The third kappa shape index (κ3) is 13.0. The smallest absolute Gasteiger partial charge is 0.333 e. The number of nitrogens with zero attached hydrogens (tertiary/aromatic N) is 1. The Balaban J connectivity index is 1.85. The van der Waals surface area contributed by atoms with Crippen molar-refractivity contribution in [3.8, 4) is 5.75 Å². The zero-order chi connectivity index (χ0) is 31.8. The lowest BCUT2D eigenvalue weighted by Crippen LogP contribution is -2.42. The Bertz CT molecular complexity index is 1170.